The van der Waals surface area contributed by atoms with E-state index in [9.17, 15) is 10.4 Å². The first-order valence-corrected chi connectivity index (χ1v) is 10.0. The van der Waals surface area contributed by atoms with Gasteiger partial charge < -0.3 is 20.1 Å². The van der Waals surface area contributed by atoms with E-state index in [-0.39, 0.29) is 12.6 Å². The highest BCUT2D eigenvalue weighted by Crippen LogP contribution is 2.30. The van der Waals surface area contributed by atoms with Crippen LogP contribution in [0.25, 0.3) is 0 Å². The predicted molar refractivity (Wildman–Crippen MR) is 115 cm³/mol. The molecule has 10 heteroatoms. The monoisotopic (exact) mass is 437 g/mol. The van der Waals surface area contributed by atoms with Crippen LogP contribution in [0, 0.1) is 11.3 Å². The molecule has 1 aromatic carbocycles. The van der Waals surface area contributed by atoms with Gasteiger partial charge in [-0.25, -0.2) is 19.9 Å². The summed E-state index contributed by atoms with van der Waals surface area (Å²) >= 11 is 6.04. The fourth-order valence-corrected chi connectivity index (χ4v) is 3.66. The predicted octanol–water partition coefficient (Wildman–Crippen LogP) is 2.51. The van der Waals surface area contributed by atoms with Crippen molar-refractivity contribution in [2.75, 3.05) is 30.4 Å². The zero-order valence-electron chi connectivity index (χ0n) is 16.8. The minimum absolute atomic E-state index is 0.226. The smallest absolute Gasteiger partial charge is 0.316 e. The highest BCUT2D eigenvalue weighted by molar-refractivity contribution is 6.30. The molecule has 1 aliphatic heterocycles. The zero-order chi connectivity index (χ0) is 21.8. The van der Waals surface area contributed by atoms with Crippen LogP contribution in [0.1, 0.15) is 28.5 Å². The minimum Gasteiger partial charge on any atom is -0.467 e. The number of aliphatic hydroxyl groups is 1. The van der Waals surface area contributed by atoms with E-state index < -0.39 is 6.10 Å². The summed E-state index contributed by atoms with van der Waals surface area (Å²) in [6.07, 6.45) is 4.47. The molecule has 1 atom stereocenters. The number of hydrogen-bond donors (Lipinski definition) is 2. The molecule has 0 bridgehead atoms. The molecule has 0 aliphatic carbocycles. The Morgan fingerprint density at radius 1 is 1.29 bits per heavy atom. The number of benzene rings is 1. The number of halogens is 1. The van der Waals surface area contributed by atoms with Gasteiger partial charge >= 0.3 is 6.01 Å². The van der Waals surface area contributed by atoms with Crippen molar-refractivity contribution >= 4 is 23.1 Å². The number of aromatic nitrogens is 4. The molecular weight excluding hydrogens is 418 g/mol. The van der Waals surface area contributed by atoms with Crippen LogP contribution in [-0.4, -0.2) is 45.2 Å². The molecule has 9 nitrogen and oxygen atoms in total. The Labute approximate surface area is 184 Å². The van der Waals surface area contributed by atoms with Crippen LogP contribution >= 0.6 is 11.6 Å². The summed E-state index contributed by atoms with van der Waals surface area (Å²) in [5, 5.41) is 23.7. The number of rotatable bonds is 6. The van der Waals surface area contributed by atoms with E-state index in [4.69, 9.17) is 16.3 Å². The first-order valence-electron chi connectivity index (χ1n) is 9.64. The van der Waals surface area contributed by atoms with E-state index in [0.717, 1.165) is 29.9 Å². The molecule has 0 amide bonds. The van der Waals surface area contributed by atoms with E-state index in [0.29, 0.717) is 28.5 Å². The van der Waals surface area contributed by atoms with Crippen molar-refractivity contribution in [1.82, 2.24) is 19.9 Å². The molecule has 0 saturated heterocycles. The van der Waals surface area contributed by atoms with Crippen molar-refractivity contribution in [3.8, 4) is 12.1 Å². The van der Waals surface area contributed by atoms with Gasteiger partial charge in [-0.2, -0.15) is 5.26 Å². The maximum Gasteiger partial charge on any atom is 0.316 e. The lowest BCUT2D eigenvalue weighted by Gasteiger charge is -2.31. The van der Waals surface area contributed by atoms with Gasteiger partial charge in [0.25, 0.3) is 0 Å². The van der Waals surface area contributed by atoms with Crippen molar-refractivity contribution in [3.63, 3.8) is 0 Å². The van der Waals surface area contributed by atoms with Gasteiger partial charge in [0.05, 0.1) is 30.2 Å². The number of ether oxygens (including phenoxy) is 1. The molecule has 0 spiro atoms. The quantitative estimate of drug-likeness (QED) is 0.599. The number of nitrogens with one attached hydrogen (secondary N) is 1. The molecule has 158 valence electrons. The molecule has 3 heterocycles. The fourth-order valence-electron chi connectivity index (χ4n) is 3.49. The second kappa shape index (κ2) is 9.12. The highest BCUT2D eigenvalue weighted by atomic mass is 35.5. The molecule has 4 rings (SSSR count). The van der Waals surface area contributed by atoms with Crippen molar-refractivity contribution in [1.29, 1.82) is 5.26 Å². The Balaban J connectivity index is 1.51. The molecule has 2 N–H and O–H groups in total. The van der Waals surface area contributed by atoms with E-state index in [1.807, 2.05) is 6.07 Å². The van der Waals surface area contributed by atoms with Gasteiger partial charge in [-0.1, -0.05) is 11.6 Å². The van der Waals surface area contributed by atoms with Gasteiger partial charge in [0, 0.05) is 54.6 Å². The zero-order valence-corrected chi connectivity index (χ0v) is 17.5. The number of methoxy groups -OCH3 is 1. The Morgan fingerprint density at radius 2 is 2.10 bits per heavy atom. The maximum absolute atomic E-state index is 10.5. The standard InChI is InChI=1S/C21H20ClN7O2/c1-31-21-25-8-14(9-26-21)19(30)10-24-20-16-11-29(5-4-17(16)27-12-28-20)18-3-2-15(22)6-13(18)7-23/h2-3,6,8-9,12,19,30H,4-5,10-11H2,1H3,(H,24,27,28)/t19-/m1/s1. The van der Waals surface area contributed by atoms with Crippen molar-refractivity contribution < 1.29 is 9.84 Å². The summed E-state index contributed by atoms with van der Waals surface area (Å²) in [5.41, 5.74) is 3.80. The average Bonchev–Trinajstić information content (AvgIpc) is 2.82. The second-order valence-electron chi connectivity index (χ2n) is 6.99. The number of nitriles is 1. The number of aliphatic hydroxyl groups excluding tert-OH is 1. The number of fused-ring (bicyclic) bond motifs is 1. The molecule has 1 aliphatic rings. The summed E-state index contributed by atoms with van der Waals surface area (Å²) in [7, 11) is 1.48. The highest BCUT2D eigenvalue weighted by Gasteiger charge is 2.23. The van der Waals surface area contributed by atoms with E-state index in [1.165, 1.54) is 25.8 Å². The first-order chi connectivity index (χ1) is 15.1. The van der Waals surface area contributed by atoms with Crippen LogP contribution in [0.2, 0.25) is 5.02 Å². The lowest BCUT2D eigenvalue weighted by atomic mass is 10.0. The van der Waals surface area contributed by atoms with Gasteiger partial charge in [-0.15, -0.1) is 0 Å². The topological polar surface area (TPSA) is 120 Å². The van der Waals surface area contributed by atoms with Gasteiger partial charge in [0.15, 0.2) is 0 Å². The fraction of sp³-hybridized carbons (Fsp3) is 0.286. The molecule has 0 saturated carbocycles. The minimum atomic E-state index is -0.822. The summed E-state index contributed by atoms with van der Waals surface area (Å²) in [6, 6.07) is 7.76. The van der Waals surface area contributed by atoms with Gasteiger partial charge in [-0.05, 0) is 18.2 Å². The molecule has 31 heavy (non-hydrogen) atoms. The van der Waals surface area contributed by atoms with Gasteiger partial charge in [0.2, 0.25) is 0 Å². The number of nitrogens with zero attached hydrogens (tertiary/aromatic N) is 6. The number of anilines is 2. The van der Waals surface area contributed by atoms with Crippen molar-refractivity contribution in [3.05, 3.63) is 64.3 Å². The van der Waals surface area contributed by atoms with Crippen molar-refractivity contribution in [2.24, 2.45) is 0 Å². The van der Waals surface area contributed by atoms with E-state index in [1.54, 1.807) is 12.1 Å². The third kappa shape index (κ3) is 4.50. The summed E-state index contributed by atoms with van der Waals surface area (Å²) in [6.45, 7) is 1.49. The van der Waals surface area contributed by atoms with Crippen molar-refractivity contribution in [2.45, 2.75) is 19.1 Å². The molecule has 2 aromatic heterocycles. The van der Waals surface area contributed by atoms with Gasteiger partial charge in [-0.3, -0.25) is 0 Å². The Hall–Kier alpha value is -3.48. The van der Waals surface area contributed by atoms with E-state index >= 15 is 0 Å². The summed E-state index contributed by atoms with van der Waals surface area (Å²) in [4.78, 5) is 18.9. The third-order valence-corrected chi connectivity index (χ3v) is 5.34. The van der Waals surface area contributed by atoms with Crippen LogP contribution in [0.3, 0.4) is 0 Å². The third-order valence-electron chi connectivity index (χ3n) is 5.10. The SMILES string of the molecule is COc1ncc([C@H](O)CNc2ncnc3c2CN(c2ccc(Cl)cc2C#N)CC3)cn1. The van der Waals surface area contributed by atoms with Crippen LogP contribution in [0.5, 0.6) is 6.01 Å². The van der Waals surface area contributed by atoms with E-state index in [2.05, 4.69) is 36.2 Å². The average molecular weight is 438 g/mol. The van der Waals surface area contributed by atoms with Gasteiger partial charge in [0.1, 0.15) is 18.2 Å². The van der Waals surface area contributed by atoms with Crippen LogP contribution in [0.15, 0.2) is 36.9 Å². The van der Waals surface area contributed by atoms with Crippen LogP contribution in [-0.2, 0) is 13.0 Å². The largest absolute Gasteiger partial charge is 0.467 e. The molecule has 0 radical (unpaired) electrons. The Morgan fingerprint density at radius 3 is 2.84 bits per heavy atom. The Bertz CT molecular complexity index is 1120. The molecule has 0 fully saturated rings. The maximum atomic E-state index is 10.5. The molecular formula is C21H20ClN7O2. The lowest BCUT2D eigenvalue weighted by Crippen LogP contribution is -2.32. The number of hydrogen-bond acceptors (Lipinski definition) is 9. The molecule has 3 aromatic rings. The lowest BCUT2D eigenvalue weighted by molar-refractivity contribution is 0.190. The summed E-state index contributed by atoms with van der Waals surface area (Å²) < 4.78 is 4.94. The summed E-state index contributed by atoms with van der Waals surface area (Å²) in [5.74, 6) is 0.649. The first kappa shape index (κ1) is 20.8. The normalized spacial score (nSPS) is 13.8. The Kier molecular flexibility index (Phi) is 6.11. The second-order valence-corrected chi connectivity index (χ2v) is 7.43. The van der Waals surface area contributed by atoms with Crippen LogP contribution < -0.4 is 15.0 Å². The van der Waals surface area contributed by atoms with Crippen LogP contribution in [0.4, 0.5) is 11.5 Å². The molecule has 0 unspecified atom stereocenters.